The van der Waals surface area contributed by atoms with E-state index in [0.29, 0.717) is 23.7 Å². The first-order valence-electron chi connectivity index (χ1n) is 4.85. The number of thiophene rings is 1. The van der Waals surface area contributed by atoms with E-state index in [0.717, 1.165) is 11.3 Å². The van der Waals surface area contributed by atoms with Gasteiger partial charge in [-0.2, -0.15) is 5.26 Å². The van der Waals surface area contributed by atoms with E-state index in [9.17, 15) is 4.79 Å². The van der Waals surface area contributed by atoms with Gasteiger partial charge in [0.15, 0.2) is 0 Å². The van der Waals surface area contributed by atoms with Crippen molar-refractivity contribution in [2.45, 2.75) is 0 Å². The van der Waals surface area contributed by atoms with Crippen LogP contribution in [0.2, 0.25) is 0 Å². The molecule has 0 saturated carbocycles. The number of hydrogen-bond acceptors (Lipinski definition) is 6. The largest absolute Gasteiger partial charge is 0.396 e. The van der Waals surface area contributed by atoms with Crippen LogP contribution in [-0.4, -0.2) is 33.2 Å². The first kappa shape index (κ1) is 13.3. The first-order valence-corrected chi connectivity index (χ1v) is 5.66. The van der Waals surface area contributed by atoms with Gasteiger partial charge in [0.05, 0.1) is 12.3 Å². The number of nitrogen functional groups attached to an aromatic ring is 1. The highest BCUT2D eigenvalue weighted by Gasteiger charge is 2.21. The molecule has 1 rings (SSSR count). The minimum absolute atomic E-state index is 0.157. The Hall–Kier alpha value is -1.78. The molecule has 1 aromatic rings. The van der Waals surface area contributed by atoms with E-state index in [1.807, 2.05) is 11.0 Å². The standard InChI is InChI=1S/C10H14N4O2S/c1-14(3-4-16-2)10-6(5-11)7(12)8(17-10)9(13)15/h3-4,12H2,1-2H3,(H2,13,15). The lowest BCUT2D eigenvalue weighted by Gasteiger charge is -2.16. The molecule has 1 aromatic heterocycles. The van der Waals surface area contributed by atoms with E-state index >= 15 is 0 Å². The van der Waals surface area contributed by atoms with Crippen molar-refractivity contribution in [1.29, 1.82) is 5.26 Å². The lowest BCUT2D eigenvalue weighted by atomic mass is 10.2. The number of hydrogen-bond donors (Lipinski definition) is 2. The Morgan fingerprint density at radius 3 is 2.76 bits per heavy atom. The van der Waals surface area contributed by atoms with Crippen LogP contribution in [0.25, 0.3) is 0 Å². The minimum Gasteiger partial charge on any atom is -0.396 e. The average molecular weight is 254 g/mol. The number of primary amides is 1. The maximum absolute atomic E-state index is 11.1. The summed E-state index contributed by atoms with van der Waals surface area (Å²) < 4.78 is 4.95. The molecule has 0 spiro atoms. The lowest BCUT2D eigenvalue weighted by Crippen LogP contribution is -2.21. The van der Waals surface area contributed by atoms with Gasteiger partial charge in [0.25, 0.3) is 5.91 Å². The Morgan fingerprint density at radius 2 is 2.29 bits per heavy atom. The molecular weight excluding hydrogens is 240 g/mol. The molecule has 1 heterocycles. The van der Waals surface area contributed by atoms with Crippen molar-refractivity contribution in [2.75, 3.05) is 37.9 Å². The van der Waals surface area contributed by atoms with Gasteiger partial charge < -0.3 is 21.1 Å². The zero-order valence-electron chi connectivity index (χ0n) is 9.69. The van der Waals surface area contributed by atoms with Gasteiger partial charge in [0, 0.05) is 20.7 Å². The predicted molar refractivity (Wildman–Crippen MR) is 67.1 cm³/mol. The van der Waals surface area contributed by atoms with E-state index in [1.165, 1.54) is 0 Å². The van der Waals surface area contributed by atoms with Crippen LogP contribution in [0.3, 0.4) is 0 Å². The molecule has 17 heavy (non-hydrogen) atoms. The summed E-state index contributed by atoms with van der Waals surface area (Å²) in [4.78, 5) is 13.2. The van der Waals surface area contributed by atoms with E-state index in [-0.39, 0.29) is 10.6 Å². The van der Waals surface area contributed by atoms with Crippen molar-refractivity contribution in [3.05, 3.63) is 10.4 Å². The molecule has 0 aromatic carbocycles. The van der Waals surface area contributed by atoms with Crippen LogP contribution in [0.4, 0.5) is 10.7 Å². The molecule has 0 atom stereocenters. The molecule has 0 radical (unpaired) electrons. The molecule has 0 aliphatic heterocycles. The van der Waals surface area contributed by atoms with Gasteiger partial charge in [0.1, 0.15) is 21.5 Å². The molecule has 0 saturated heterocycles. The van der Waals surface area contributed by atoms with Crippen LogP contribution >= 0.6 is 11.3 Å². The smallest absolute Gasteiger partial charge is 0.261 e. The molecule has 0 aliphatic rings. The fourth-order valence-electron chi connectivity index (χ4n) is 1.32. The molecule has 0 bridgehead atoms. The molecule has 1 amide bonds. The first-order chi connectivity index (χ1) is 8.02. The highest BCUT2D eigenvalue weighted by Crippen LogP contribution is 2.36. The van der Waals surface area contributed by atoms with Crippen molar-refractivity contribution >= 4 is 27.9 Å². The monoisotopic (exact) mass is 254 g/mol. The number of nitrogens with zero attached hydrogens (tertiary/aromatic N) is 2. The fourth-order valence-corrected chi connectivity index (χ4v) is 2.33. The van der Waals surface area contributed by atoms with Crippen molar-refractivity contribution in [3.8, 4) is 6.07 Å². The molecule has 0 aliphatic carbocycles. The number of carbonyl (C=O) groups is 1. The SMILES string of the molecule is COCCN(C)c1sc(C(N)=O)c(N)c1C#N. The number of nitrogens with two attached hydrogens (primary N) is 2. The lowest BCUT2D eigenvalue weighted by molar-refractivity contribution is 0.100. The molecule has 4 N–H and O–H groups in total. The number of ether oxygens (including phenoxy) is 1. The van der Waals surface area contributed by atoms with E-state index < -0.39 is 5.91 Å². The van der Waals surface area contributed by atoms with Crippen LogP contribution in [0.15, 0.2) is 0 Å². The van der Waals surface area contributed by atoms with Crippen molar-refractivity contribution in [2.24, 2.45) is 5.73 Å². The maximum atomic E-state index is 11.1. The Balaban J connectivity index is 3.11. The predicted octanol–water partition coefficient (Wildman–Crippen LogP) is 0.383. The van der Waals surface area contributed by atoms with E-state index in [2.05, 4.69) is 0 Å². The Bertz CT molecular complexity index is 464. The van der Waals surface area contributed by atoms with E-state index in [4.69, 9.17) is 21.5 Å². The molecule has 92 valence electrons. The quantitative estimate of drug-likeness (QED) is 0.790. The van der Waals surface area contributed by atoms with Gasteiger partial charge in [-0.1, -0.05) is 0 Å². The number of amides is 1. The van der Waals surface area contributed by atoms with Gasteiger partial charge in [-0.05, 0) is 0 Å². The minimum atomic E-state index is -0.615. The zero-order valence-corrected chi connectivity index (χ0v) is 10.5. The number of rotatable bonds is 5. The summed E-state index contributed by atoms with van der Waals surface area (Å²) in [5, 5.41) is 9.67. The normalized spacial score (nSPS) is 9.94. The molecule has 6 nitrogen and oxygen atoms in total. The summed E-state index contributed by atoms with van der Waals surface area (Å²) in [5.41, 5.74) is 11.4. The third kappa shape index (κ3) is 2.67. The number of likely N-dealkylation sites (N-methyl/N-ethyl adjacent to an activating group) is 1. The second-order valence-electron chi connectivity index (χ2n) is 3.42. The van der Waals surface area contributed by atoms with Crippen molar-refractivity contribution in [3.63, 3.8) is 0 Å². The summed E-state index contributed by atoms with van der Waals surface area (Å²) >= 11 is 1.13. The zero-order chi connectivity index (χ0) is 13.0. The third-order valence-electron chi connectivity index (χ3n) is 2.24. The molecule has 0 unspecified atom stereocenters. The molecule has 0 fully saturated rings. The second kappa shape index (κ2) is 5.52. The van der Waals surface area contributed by atoms with Gasteiger partial charge in [-0.3, -0.25) is 4.79 Å². The van der Waals surface area contributed by atoms with Gasteiger partial charge in [0.2, 0.25) is 0 Å². The summed E-state index contributed by atoms with van der Waals surface area (Å²) in [6.45, 7) is 1.12. The van der Waals surface area contributed by atoms with Crippen molar-refractivity contribution in [1.82, 2.24) is 0 Å². The third-order valence-corrected chi connectivity index (χ3v) is 3.57. The van der Waals surface area contributed by atoms with Crippen LogP contribution < -0.4 is 16.4 Å². The summed E-state index contributed by atoms with van der Waals surface area (Å²) in [6, 6.07) is 1.99. The molecular formula is C10H14N4O2S. The second-order valence-corrected chi connectivity index (χ2v) is 4.41. The number of anilines is 2. The Kier molecular flexibility index (Phi) is 4.31. The van der Waals surface area contributed by atoms with Crippen LogP contribution in [0.1, 0.15) is 15.2 Å². The summed E-state index contributed by atoms with van der Waals surface area (Å²) in [5.74, 6) is -0.615. The number of nitriles is 1. The van der Waals surface area contributed by atoms with Gasteiger partial charge in [-0.25, -0.2) is 0 Å². The average Bonchev–Trinajstić information content (AvgIpc) is 2.63. The molecule has 7 heteroatoms. The highest BCUT2D eigenvalue weighted by atomic mass is 32.1. The number of methoxy groups -OCH3 is 1. The highest BCUT2D eigenvalue weighted by molar-refractivity contribution is 7.19. The Labute approximate surface area is 103 Å². The van der Waals surface area contributed by atoms with Gasteiger partial charge >= 0.3 is 0 Å². The topological polar surface area (TPSA) is 105 Å². The summed E-state index contributed by atoms with van der Waals surface area (Å²) in [7, 11) is 3.40. The number of carbonyl (C=O) groups excluding carboxylic acids is 1. The van der Waals surface area contributed by atoms with Crippen LogP contribution in [0.5, 0.6) is 0 Å². The van der Waals surface area contributed by atoms with Crippen LogP contribution in [-0.2, 0) is 4.74 Å². The Morgan fingerprint density at radius 1 is 1.65 bits per heavy atom. The maximum Gasteiger partial charge on any atom is 0.261 e. The fraction of sp³-hybridized carbons (Fsp3) is 0.400. The van der Waals surface area contributed by atoms with E-state index in [1.54, 1.807) is 14.2 Å². The van der Waals surface area contributed by atoms with Crippen LogP contribution in [0, 0.1) is 11.3 Å². The van der Waals surface area contributed by atoms with Gasteiger partial charge in [-0.15, -0.1) is 11.3 Å². The van der Waals surface area contributed by atoms with Crippen molar-refractivity contribution < 1.29 is 9.53 Å². The summed E-state index contributed by atoms with van der Waals surface area (Å²) in [6.07, 6.45) is 0.